The molecule has 0 saturated carbocycles. The van der Waals surface area contributed by atoms with Gasteiger partial charge in [0, 0.05) is 18.8 Å². The summed E-state index contributed by atoms with van der Waals surface area (Å²) >= 11 is 0. The van der Waals surface area contributed by atoms with E-state index in [9.17, 15) is 18.0 Å². The number of amides is 1. The van der Waals surface area contributed by atoms with Crippen molar-refractivity contribution in [2.45, 2.75) is 26.3 Å². The zero-order valence-corrected chi connectivity index (χ0v) is 11.9. The Hall–Kier alpha value is -1.60. The van der Waals surface area contributed by atoms with Crippen LogP contribution in [-0.4, -0.2) is 32.0 Å². The molecule has 1 rings (SSSR count). The molecule has 0 aliphatic carbocycles. The van der Waals surface area contributed by atoms with Gasteiger partial charge in [-0.2, -0.15) is 13.2 Å². The highest BCUT2D eigenvalue weighted by Gasteiger charge is 2.30. The van der Waals surface area contributed by atoms with E-state index < -0.39 is 23.9 Å². The normalized spacial score (nSPS) is 11.7. The molecular formula is C14H18F3NO3. The maximum atomic E-state index is 12.4. The van der Waals surface area contributed by atoms with Gasteiger partial charge in [0.2, 0.25) is 0 Å². The number of ether oxygens (including phenoxy) is 2. The van der Waals surface area contributed by atoms with Crippen molar-refractivity contribution in [3.63, 3.8) is 0 Å². The van der Waals surface area contributed by atoms with Crippen molar-refractivity contribution < 1.29 is 27.4 Å². The van der Waals surface area contributed by atoms with Crippen molar-refractivity contribution in [1.82, 2.24) is 5.32 Å². The summed E-state index contributed by atoms with van der Waals surface area (Å²) < 4.78 is 47.7. The highest BCUT2D eigenvalue weighted by Crippen LogP contribution is 2.29. The van der Waals surface area contributed by atoms with E-state index in [1.807, 2.05) is 0 Å². The molecular weight excluding hydrogens is 287 g/mol. The second-order valence-corrected chi connectivity index (χ2v) is 4.13. The number of hydrogen-bond donors (Lipinski definition) is 1. The highest BCUT2D eigenvalue weighted by atomic mass is 19.4. The van der Waals surface area contributed by atoms with E-state index >= 15 is 0 Å². The lowest BCUT2D eigenvalue weighted by molar-refractivity contribution is -0.137. The SMILES string of the molecule is CCOC(CNC(=O)c1ccc(C(F)(F)F)cc1)OCC. The molecule has 21 heavy (non-hydrogen) atoms. The molecule has 0 saturated heterocycles. The van der Waals surface area contributed by atoms with Gasteiger partial charge in [-0.25, -0.2) is 0 Å². The lowest BCUT2D eigenvalue weighted by Crippen LogP contribution is -2.35. The van der Waals surface area contributed by atoms with Crippen LogP contribution in [0.4, 0.5) is 13.2 Å². The van der Waals surface area contributed by atoms with Crippen molar-refractivity contribution >= 4 is 5.91 Å². The molecule has 0 aliphatic rings. The molecule has 0 aliphatic heterocycles. The number of alkyl halides is 3. The monoisotopic (exact) mass is 305 g/mol. The minimum Gasteiger partial charge on any atom is -0.351 e. The molecule has 0 bridgehead atoms. The van der Waals surface area contributed by atoms with E-state index in [1.165, 1.54) is 0 Å². The largest absolute Gasteiger partial charge is 0.416 e. The molecule has 1 N–H and O–H groups in total. The molecule has 1 aromatic rings. The summed E-state index contributed by atoms with van der Waals surface area (Å²) in [6.07, 6.45) is -4.98. The van der Waals surface area contributed by atoms with Crippen molar-refractivity contribution in [3.05, 3.63) is 35.4 Å². The molecule has 1 aromatic carbocycles. The maximum Gasteiger partial charge on any atom is 0.416 e. The fraction of sp³-hybridized carbons (Fsp3) is 0.500. The van der Waals surface area contributed by atoms with E-state index in [2.05, 4.69) is 5.32 Å². The molecule has 7 heteroatoms. The summed E-state index contributed by atoms with van der Waals surface area (Å²) in [7, 11) is 0. The standard InChI is InChI=1S/C14H18F3NO3/c1-3-20-12(21-4-2)9-18-13(19)10-5-7-11(8-6-10)14(15,16)17/h5-8,12H,3-4,9H2,1-2H3,(H,18,19). The molecule has 0 aromatic heterocycles. The van der Waals surface area contributed by atoms with E-state index in [1.54, 1.807) is 13.8 Å². The Morgan fingerprint density at radius 3 is 2.10 bits per heavy atom. The Balaban J connectivity index is 2.59. The van der Waals surface area contributed by atoms with Crippen LogP contribution in [0.25, 0.3) is 0 Å². The Labute approximate surface area is 121 Å². The average molecular weight is 305 g/mol. The van der Waals surface area contributed by atoms with Gasteiger partial charge in [0.15, 0.2) is 6.29 Å². The third-order valence-corrected chi connectivity index (χ3v) is 2.61. The first kappa shape index (κ1) is 17.5. The van der Waals surface area contributed by atoms with E-state index in [4.69, 9.17) is 9.47 Å². The van der Waals surface area contributed by atoms with Crippen LogP contribution in [0.5, 0.6) is 0 Å². The van der Waals surface area contributed by atoms with Crippen molar-refractivity contribution in [1.29, 1.82) is 0 Å². The quantitative estimate of drug-likeness (QED) is 0.788. The molecule has 0 heterocycles. The van der Waals surface area contributed by atoms with Crippen molar-refractivity contribution in [3.8, 4) is 0 Å². The molecule has 0 atom stereocenters. The highest BCUT2D eigenvalue weighted by molar-refractivity contribution is 5.94. The number of carbonyl (C=O) groups excluding carboxylic acids is 1. The first-order chi connectivity index (χ1) is 9.88. The molecule has 0 fully saturated rings. The number of hydrogen-bond acceptors (Lipinski definition) is 3. The van der Waals surface area contributed by atoms with E-state index in [0.29, 0.717) is 13.2 Å². The van der Waals surface area contributed by atoms with Crippen molar-refractivity contribution in [2.24, 2.45) is 0 Å². The van der Waals surface area contributed by atoms with Crippen LogP contribution in [-0.2, 0) is 15.7 Å². The first-order valence-electron chi connectivity index (χ1n) is 6.57. The van der Waals surface area contributed by atoms with Gasteiger partial charge in [0.25, 0.3) is 5.91 Å². The lowest BCUT2D eigenvalue weighted by Gasteiger charge is -2.17. The summed E-state index contributed by atoms with van der Waals surface area (Å²) in [6, 6.07) is 4.01. The van der Waals surface area contributed by atoms with E-state index in [0.717, 1.165) is 24.3 Å². The van der Waals surface area contributed by atoms with Crippen LogP contribution < -0.4 is 5.32 Å². The summed E-state index contributed by atoms with van der Waals surface area (Å²) in [5.41, 5.74) is -0.643. The van der Waals surface area contributed by atoms with Gasteiger partial charge in [-0.15, -0.1) is 0 Å². The van der Waals surface area contributed by atoms with Crippen LogP contribution in [0.1, 0.15) is 29.8 Å². The number of benzene rings is 1. The predicted molar refractivity (Wildman–Crippen MR) is 70.8 cm³/mol. The molecule has 0 radical (unpaired) electrons. The van der Waals surface area contributed by atoms with Crippen molar-refractivity contribution in [2.75, 3.05) is 19.8 Å². The maximum absolute atomic E-state index is 12.4. The summed E-state index contributed by atoms with van der Waals surface area (Å²) in [6.45, 7) is 4.58. The smallest absolute Gasteiger partial charge is 0.351 e. The summed E-state index contributed by atoms with van der Waals surface area (Å²) in [5, 5.41) is 2.56. The van der Waals surface area contributed by atoms with Crippen LogP contribution in [0.2, 0.25) is 0 Å². The van der Waals surface area contributed by atoms with Gasteiger partial charge >= 0.3 is 6.18 Å². The Morgan fingerprint density at radius 2 is 1.67 bits per heavy atom. The lowest BCUT2D eigenvalue weighted by atomic mass is 10.1. The number of carbonyl (C=O) groups is 1. The van der Waals surface area contributed by atoms with Crippen LogP contribution in [0.3, 0.4) is 0 Å². The Morgan fingerprint density at radius 1 is 1.14 bits per heavy atom. The fourth-order valence-electron chi connectivity index (χ4n) is 1.63. The zero-order valence-electron chi connectivity index (χ0n) is 11.9. The second-order valence-electron chi connectivity index (χ2n) is 4.13. The third-order valence-electron chi connectivity index (χ3n) is 2.61. The van der Waals surface area contributed by atoms with E-state index in [-0.39, 0.29) is 12.1 Å². The third kappa shape index (κ3) is 5.73. The van der Waals surface area contributed by atoms with Crippen LogP contribution in [0, 0.1) is 0 Å². The van der Waals surface area contributed by atoms with Gasteiger partial charge < -0.3 is 14.8 Å². The molecule has 1 amide bonds. The summed E-state index contributed by atoms with van der Waals surface area (Å²) in [5.74, 6) is -0.479. The minimum atomic E-state index is -4.41. The van der Waals surface area contributed by atoms with Gasteiger partial charge in [0.1, 0.15) is 0 Å². The predicted octanol–water partition coefficient (Wildman–Crippen LogP) is 2.83. The van der Waals surface area contributed by atoms with Crippen LogP contribution in [0.15, 0.2) is 24.3 Å². The number of rotatable bonds is 7. The second kappa shape index (κ2) is 7.99. The number of halogens is 3. The summed E-state index contributed by atoms with van der Waals surface area (Å²) in [4.78, 5) is 11.8. The topological polar surface area (TPSA) is 47.6 Å². The molecule has 118 valence electrons. The van der Waals surface area contributed by atoms with Gasteiger partial charge in [-0.3, -0.25) is 4.79 Å². The molecule has 0 spiro atoms. The van der Waals surface area contributed by atoms with Gasteiger partial charge in [0.05, 0.1) is 12.1 Å². The Bertz CT molecular complexity index is 440. The number of nitrogens with one attached hydrogen (secondary N) is 1. The first-order valence-corrected chi connectivity index (χ1v) is 6.57. The Kier molecular flexibility index (Phi) is 6.64. The zero-order chi connectivity index (χ0) is 15.9. The molecule has 4 nitrogen and oxygen atoms in total. The van der Waals surface area contributed by atoms with Crippen LogP contribution >= 0.6 is 0 Å². The molecule has 0 unspecified atom stereocenters. The fourth-order valence-corrected chi connectivity index (χ4v) is 1.63. The minimum absolute atomic E-state index is 0.127. The van der Waals surface area contributed by atoms with Gasteiger partial charge in [-0.1, -0.05) is 0 Å². The van der Waals surface area contributed by atoms with Gasteiger partial charge in [-0.05, 0) is 38.1 Å². The average Bonchev–Trinajstić information content (AvgIpc) is 2.44.